The zero-order valence-electron chi connectivity index (χ0n) is 8.52. The Bertz CT molecular complexity index is 159. The fraction of sp³-hybridized carbons (Fsp3) is 1.00. The maximum absolute atomic E-state index is 11.8. The van der Waals surface area contributed by atoms with Crippen LogP contribution in [-0.4, -0.2) is 30.6 Å². The van der Waals surface area contributed by atoms with Gasteiger partial charge in [-0.3, -0.25) is 0 Å². The Morgan fingerprint density at radius 1 is 1.21 bits per heavy atom. The Hall–Kier alpha value is -0.290. The Balaban J connectivity index is 3.84. The molecule has 0 radical (unpaired) electrons. The number of aliphatic hydroxyl groups is 1. The third kappa shape index (κ3) is 6.21. The maximum Gasteiger partial charge on any atom is 0.389 e. The van der Waals surface area contributed by atoms with Gasteiger partial charge in [0, 0.05) is 13.5 Å². The van der Waals surface area contributed by atoms with Gasteiger partial charge in [-0.05, 0) is 19.3 Å². The standard InChI is InChI=1S/C9H17F3O2/c1-3-8(13,7-14-2)5-4-6-9(10,11)12/h13H,3-7H2,1-2H3. The number of ether oxygens (including phenoxy) is 1. The summed E-state index contributed by atoms with van der Waals surface area (Å²) in [4.78, 5) is 0. The molecular formula is C9H17F3O2. The number of hydrogen-bond donors (Lipinski definition) is 1. The summed E-state index contributed by atoms with van der Waals surface area (Å²) < 4.78 is 40.2. The van der Waals surface area contributed by atoms with Gasteiger partial charge in [-0.1, -0.05) is 6.92 Å². The molecule has 0 aromatic heterocycles. The van der Waals surface area contributed by atoms with Crippen molar-refractivity contribution in [1.82, 2.24) is 0 Å². The van der Waals surface area contributed by atoms with Crippen LogP contribution in [-0.2, 0) is 4.74 Å². The molecule has 1 unspecified atom stereocenters. The molecule has 0 aliphatic carbocycles. The lowest BCUT2D eigenvalue weighted by molar-refractivity contribution is -0.139. The van der Waals surface area contributed by atoms with Gasteiger partial charge in [0.25, 0.3) is 0 Å². The summed E-state index contributed by atoms with van der Waals surface area (Å²) in [5, 5.41) is 9.72. The third-order valence-electron chi connectivity index (χ3n) is 2.17. The van der Waals surface area contributed by atoms with Crippen molar-refractivity contribution in [3.8, 4) is 0 Å². The van der Waals surface area contributed by atoms with E-state index >= 15 is 0 Å². The van der Waals surface area contributed by atoms with Crippen molar-refractivity contribution < 1.29 is 23.0 Å². The van der Waals surface area contributed by atoms with Crippen LogP contribution in [0.4, 0.5) is 13.2 Å². The van der Waals surface area contributed by atoms with Crippen LogP contribution in [0.25, 0.3) is 0 Å². The van der Waals surface area contributed by atoms with E-state index in [1.54, 1.807) is 6.92 Å². The van der Waals surface area contributed by atoms with Gasteiger partial charge >= 0.3 is 6.18 Å². The van der Waals surface area contributed by atoms with Gasteiger partial charge in [0.2, 0.25) is 0 Å². The van der Waals surface area contributed by atoms with E-state index in [-0.39, 0.29) is 19.4 Å². The minimum Gasteiger partial charge on any atom is -0.387 e. The topological polar surface area (TPSA) is 29.5 Å². The molecule has 0 saturated carbocycles. The summed E-state index contributed by atoms with van der Waals surface area (Å²) >= 11 is 0. The van der Waals surface area contributed by atoms with Crippen molar-refractivity contribution >= 4 is 0 Å². The van der Waals surface area contributed by atoms with E-state index in [1.165, 1.54) is 7.11 Å². The molecule has 0 fully saturated rings. The molecule has 1 atom stereocenters. The van der Waals surface area contributed by atoms with Crippen molar-refractivity contribution in [2.75, 3.05) is 13.7 Å². The van der Waals surface area contributed by atoms with Crippen molar-refractivity contribution in [3.63, 3.8) is 0 Å². The number of halogens is 3. The SMILES string of the molecule is CCC(O)(CCCC(F)(F)F)COC. The minimum atomic E-state index is -4.14. The molecule has 0 rings (SSSR count). The van der Waals surface area contributed by atoms with E-state index < -0.39 is 18.2 Å². The van der Waals surface area contributed by atoms with Gasteiger partial charge < -0.3 is 9.84 Å². The lowest BCUT2D eigenvalue weighted by Gasteiger charge is -2.25. The van der Waals surface area contributed by atoms with Gasteiger partial charge in [-0.2, -0.15) is 13.2 Å². The molecule has 0 saturated heterocycles. The first-order valence-corrected chi connectivity index (χ1v) is 4.61. The fourth-order valence-corrected chi connectivity index (χ4v) is 1.24. The molecule has 0 bridgehead atoms. The third-order valence-corrected chi connectivity index (χ3v) is 2.17. The molecular weight excluding hydrogens is 197 g/mol. The van der Waals surface area contributed by atoms with Crippen molar-refractivity contribution in [3.05, 3.63) is 0 Å². The average molecular weight is 214 g/mol. The summed E-state index contributed by atoms with van der Waals surface area (Å²) in [7, 11) is 1.42. The van der Waals surface area contributed by atoms with E-state index in [0.717, 1.165) is 0 Å². The monoisotopic (exact) mass is 214 g/mol. The molecule has 5 heteroatoms. The highest BCUT2D eigenvalue weighted by atomic mass is 19.4. The van der Waals surface area contributed by atoms with Gasteiger partial charge in [0.1, 0.15) is 0 Å². The first kappa shape index (κ1) is 13.7. The van der Waals surface area contributed by atoms with Crippen LogP contribution >= 0.6 is 0 Å². The highest BCUT2D eigenvalue weighted by molar-refractivity contribution is 4.76. The summed E-state index contributed by atoms with van der Waals surface area (Å²) in [6, 6.07) is 0. The summed E-state index contributed by atoms with van der Waals surface area (Å²) in [5.41, 5.74) is -1.11. The molecule has 0 heterocycles. The molecule has 14 heavy (non-hydrogen) atoms. The summed E-state index contributed by atoms with van der Waals surface area (Å²) in [6.07, 6.45) is -4.52. The largest absolute Gasteiger partial charge is 0.389 e. The lowest BCUT2D eigenvalue weighted by Crippen LogP contribution is -2.33. The normalized spacial score (nSPS) is 16.7. The van der Waals surface area contributed by atoms with E-state index in [4.69, 9.17) is 4.74 Å². The zero-order valence-corrected chi connectivity index (χ0v) is 8.52. The van der Waals surface area contributed by atoms with Crippen molar-refractivity contribution in [1.29, 1.82) is 0 Å². The molecule has 0 aromatic carbocycles. The molecule has 1 N–H and O–H groups in total. The summed E-state index contributed by atoms with van der Waals surface area (Å²) in [5.74, 6) is 0. The van der Waals surface area contributed by atoms with Crippen LogP contribution in [0.5, 0.6) is 0 Å². The average Bonchev–Trinajstić information content (AvgIpc) is 2.02. The molecule has 0 spiro atoms. The van der Waals surface area contributed by atoms with Gasteiger partial charge in [-0.15, -0.1) is 0 Å². The Morgan fingerprint density at radius 2 is 1.79 bits per heavy atom. The molecule has 0 aromatic rings. The molecule has 0 amide bonds. The van der Waals surface area contributed by atoms with Crippen LogP contribution in [0.3, 0.4) is 0 Å². The minimum absolute atomic E-state index is 0.0583. The van der Waals surface area contributed by atoms with Gasteiger partial charge in [0.05, 0.1) is 12.2 Å². The smallest absolute Gasteiger partial charge is 0.387 e. The van der Waals surface area contributed by atoms with Gasteiger partial charge in [-0.25, -0.2) is 0 Å². The van der Waals surface area contributed by atoms with E-state index in [1.807, 2.05) is 0 Å². The molecule has 86 valence electrons. The quantitative estimate of drug-likeness (QED) is 0.736. The van der Waals surface area contributed by atoms with Crippen LogP contribution < -0.4 is 0 Å². The van der Waals surface area contributed by atoms with Crippen LogP contribution in [0.1, 0.15) is 32.6 Å². The van der Waals surface area contributed by atoms with Crippen molar-refractivity contribution in [2.24, 2.45) is 0 Å². The van der Waals surface area contributed by atoms with E-state index in [2.05, 4.69) is 0 Å². The first-order valence-electron chi connectivity index (χ1n) is 4.61. The second-order valence-electron chi connectivity index (χ2n) is 3.48. The van der Waals surface area contributed by atoms with Crippen LogP contribution in [0, 0.1) is 0 Å². The number of alkyl halides is 3. The predicted molar refractivity (Wildman–Crippen MR) is 47.0 cm³/mol. The second-order valence-corrected chi connectivity index (χ2v) is 3.48. The number of rotatable bonds is 6. The molecule has 0 aliphatic heterocycles. The highest BCUT2D eigenvalue weighted by Crippen LogP contribution is 2.26. The van der Waals surface area contributed by atoms with Gasteiger partial charge in [0.15, 0.2) is 0 Å². The Morgan fingerprint density at radius 3 is 2.14 bits per heavy atom. The van der Waals surface area contributed by atoms with Crippen molar-refractivity contribution in [2.45, 2.75) is 44.4 Å². The predicted octanol–water partition coefficient (Wildman–Crippen LogP) is 2.51. The summed E-state index contributed by atoms with van der Waals surface area (Å²) in [6.45, 7) is 1.81. The number of methoxy groups -OCH3 is 1. The van der Waals surface area contributed by atoms with E-state index in [9.17, 15) is 18.3 Å². The highest BCUT2D eigenvalue weighted by Gasteiger charge is 2.30. The molecule has 0 aliphatic rings. The Labute approximate surface area is 82.1 Å². The van der Waals surface area contributed by atoms with E-state index in [0.29, 0.717) is 6.42 Å². The number of hydrogen-bond acceptors (Lipinski definition) is 2. The van der Waals surface area contributed by atoms with Crippen LogP contribution in [0.15, 0.2) is 0 Å². The maximum atomic E-state index is 11.8. The Kier molecular flexibility index (Phi) is 5.44. The second kappa shape index (κ2) is 5.56. The zero-order chi connectivity index (χ0) is 11.2. The van der Waals surface area contributed by atoms with Crippen LogP contribution in [0.2, 0.25) is 0 Å². The lowest BCUT2D eigenvalue weighted by atomic mass is 9.95. The fourth-order valence-electron chi connectivity index (χ4n) is 1.24. The first-order chi connectivity index (χ1) is 6.33. The molecule has 2 nitrogen and oxygen atoms in total.